The van der Waals surface area contributed by atoms with Crippen LogP contribution in [0.4, 0.5) is 0 Å². The van der Waals surface area contributed by atoms with Crippen molar-refractivity contribution in [3.8, 4) is 5.75 Å². The minimum absolute atomic E-state index is 0.106. The van der Waals surface area contributed by atoms with Gasteiger partial charge < -0.3 is 10.1 Å². The first kappa shape index (κ1) is 17.0. The van der Waals surface area contributed by atoms with Gasteiger partial charge in [0.2, 0.25) is 5.91 Å². The maximum Gasteiger partial charge on any atom is 0.224 e. The zero-order valence-electron chi connectivity index (χ0n) is 13.1. The number of ether oxygens (including phenoxy) is 1. The Balaban J connectivity index is 1.91. The maximum atomic E-state index is 12.0. The van der Waals surface area contributed by atoms with Gasteiger partial charge in [-0.1, -0.05) is 24.3 Å². The molecule has 2 aromatic rings. The number of nitrogens with one attached hydrogen (secondary N) is 1. The molecular formula is C17H19NO4S. The SMILES string of the molecule is COc1cccc(CC(=O)NCc2ccc(S(C)(=O)=O)cc2)c1. The number of carbonyl (C=O) groups is 1. The molecule has 0 aliphatic rings. The molecule has 0 unspecified atom stereocenters. The predicted octanol–water partition coefficient (Wildman–Crippen LogP) is 1.96. The van der Waals surface area contributed by atoms with Gasteiger partial charge >= 0.3 is 0 Å². The second kappa shape index (κ2) is 7.28. The van der Waals surface area contributed by atoms with Gasteiger partial charge in [0.05, 0.1) is 18.4 Å². The van der Waals surface area contributed by atoms with Gasteiger partial charge in [-0.05, 0) is 35.4 Å². The van der Waals surface area contributed by atoms with Crippen molar-refractivity contribution in [3.05, 3.63) is 59.7 Å². The topological polar surface area (TPSA) is 72.5 Å². The van der Waals surface area contributed by atoms with E-state index in [-0.39, 0.29) is 17.2 Å². The van der Waals surface area contributed by atoms with Crippen molar-refractivity contribution >= 4 is 15.7 Å². The Morgan fingerprint density at radius 3 is 2.39 bits per heavy atom. The molecule has 0 fully saturated rings. The Morgan fingerprint density at radius 2 is 1.78 bits per heavy atom. The highest BCUT2D eigenvalue weighted by molar-refractivity contribution is 7.90. The van der Waals surface area contributed by atoms with E-state index < -0.39 is 9.84 Å². The van der Waals surface area contributed by atoms with E-state index in [9.17, 15) is 13.2 Å². The van der Waals surface area contributed by atoms with Crippen molar-refractivity contribution in [2.24, 2.45) is 0 Å². The summed E-state index contributed by atoms with van der Waals surface area (Å²) in [4.78, 5) is 12.2. The number of benzene rings is 2. The lowest BCUT2D eigenvalue weighted by Gasteiger charge is -2.07. The second-order valence-electron chi connectivity index (χ2n) is 5.22. The largest absolute Gasteiger partial charge is 0.497 e. The van der Waals surface area contributed by atoms with Gasteiger partial charge in [-0.25, -0.2) is 8.42 Å². The van der Waals surface area contributed by atoms with Crippen molar-refractivity contribution in [3.63, 3.8) is 0 Å². The van der Waals surface area contributed by atoms with E-state index in [4.69, 9.17) is 4.74 Å². The third kappa shape index (κ3) is 5.10. The molecular weight excluding hydrogens is 314 g/mol. The molecule has 0 saturated carbocycles. The van der Waals surface area contributed by atoms with Crippen LogP contribution in [-0.4, -0.2) is 27.7 Å². The number of sulfone groups is 1. The smallest absolute Gasteiger partial charge is 0.224 e. The predicted molar refractivity (Wildman–Crippen MR) is 88.1 cm³/mol. The van der Waals surface area contributed by atoms with E-state index in [1.165, 1.54) is 0 Å². The number of carbonyl (C=O) groups excluding carboxylic acids is 1. The van der Waals surface area contributed by atoms with Crippen LogP contribution in [-0.2, 0) is 27.6 Å². The lowest BCUT2D eigenvalue weighted by Crippen LogP contribution is -2.24. The first-order valence-corrected chi connectivity index (χ1v) is 8.96. The van der Waals surface area contributed by atoms with Crippen LogP contribution in [0.15, 0.2) is 53.4 Å². The fourth-order valence-corrected chi connectivity index (χ4v) is 2.72. The van der Waals surface area contributed by atoms with E-state index in [1.54, 1.807) is 31.4 Å². The summed E-state index contributed by atoms with van der Waals surface area (Å²) in [6, 6.07) is 13.8. The fourth-order valence-electron chi connectivity index (χ4n) is 2.09. The van der Waals surface area contributed by atoms with Crippen molar-refractivity contribution in [2.45, 2.75) is 17.9 Å². The van der Waals surface area contributed by atoms with Crippen LogP contribution in [0.3, 0.4) is 0 Å². The van der Waals surface area contributed by atoms with Crippen molar-refractivity contribution < 1.29 is 17.9 Å². The lowest BCUT2D eigenvalue weighted by atomic mass is 10.1. The average molecular weight is 333 g/mol. The average Bonchev–Trinajstić information content (AvgIpc) is 2.52. The standard InChI is InChI=1S/C17H19NO4S/c1-22-15-5-3-4-14(10-15)11-17(19)18-12-13-6-8-16(9-7-13)23(2,20)21/h3-10H,11-12H2,1-2H3,(H,18,19). The second-order valence-corrected chi connectivity index (χ2v) is 7.24. The minimum atomic E-state index is -3.20. The van der Waals surface area contributed by atoms with Gasteiger partial charge in [-0.3, -0.25) is 4.79 Å². The summed E-state index contributed by atoms with van der Waals surface area (Å²) < 4.78 is 27.9. The van der Waals surface area contributed by atoms with Gasteiger partial charge in [-0.15, -0.1) is 0 Å². The van der Waals surface area contributed by atoms with Crippen LogP contribution in [0.2, 0.25) is 0 Å². The quantitative estimate of drug-likeness (QED) is 0.877. The number of amides is 1. The molecule has 0 saturated heterocycles. The third-order valence-corrected chi connectivity index (χ3v) is 4.47. The molecule has 0 heterocycles. The number of methoxy groups -OCH3 is 1. The molecule has 0 atom stereocenters. The molecule has 0 aliphatic carbocycles. The van der Waals surface area contributed by atoms with E-state index in [1.807, 2.05) is 24.3 Å². The molecule has 0 spiro atoms. The molecule has 0 aromatic heterocycles. The van der Waals surface area contributed by atoms with Gasteiger partial charge in [0.25, 0.3) is 0 Å². The number of hydrogen-bond acceptors (Lipinski definition) is 4. The summed E-state index contributed by atoms with van der Waals surface area (Å²) in [5.41, 5.74) is 1.71. The van der Waals surface area contributed by atoms with Crippen molar-refractivity contribution in [1.82, 2.24) is 5.32 Å². The molecule has 0 aliphatic heterocycles. The molecule has 1 amide bonds. The van der Waals surface area contributed by atoms with Gasteiger partial charge in [0, 0.05) is 12.8 Å². The Bertz CT molecular complexity index is 782. The third-order valence-electron chi connectivity index (χ3n) is 3.34. The van der Waals surface area contributed by atoms with Crippen LogP contribution in [0.25, 0.3) is 0 Å². The van der Waals surface area contributed by atoms with E-state index >= 15 is 0 Å². The molecule has 23 heavy (non-hydrogen) atoms. The Morgan fingerprint density at radius 1 is 1.09 bits per heavy atom. The summed E-state index contributed by atoms with van der Waals surface area (Å²) in [6.45, 7) is 0.354. The summed E-state index contributed by atoms with van der Waals surface area (Å²) in [7, 11) is -1.61. The first-order chi connectivity index (χ1) is 10.9. The summed E-state index contributed by atoms with van der Waals surface area (Å²) in [6.07, 6.45) is 1.43. The highest BCUT2D eigenvalue weighted by atomic mass is 32.2. The molecule has 5 nitrogen and oxygen atoms in total. The van der Waals surface area contributed by atoms with E-state index in [2.05, 4.69) is 5.32 Å². The van der Waals surface area contributed by atoms with Crippen LogP contribution >= 0.6 is 0 Å². The lowest BCUT2D eigenvalue weighted by molar-refractivity contribution is -0.120. The molecule has 6 heteroatoms. The normalized spacial score (nSPS) is 11.0. The molecule has 122 valence electrons. The monoisotopic (exact) mass is 333 g/mol. The number of rotatable bonds is 6. The van der Waals surface area contributed by atoms with Crippen LogP contribution in [0, 0.1) is 0 Å². The first-order valence-electron chi connectivity index (χ1n) is 7.07. The van der Waals surface area contributed by atoms with Gasteiger partial charge in [0.1, 0.15) is 5.75 Å². The van der Waals surface area contributed by atoms with E-state index in [0.29, 0.717) is 12.3 Å². The maximum absolute atomic E-state index is 12.0. The van der Waals surface area contributed by atoms with Crippen LogP contribution < -0.4 is 10.1 Å². The molecule has 2 rings (SSSR count). The Kier molecular flexibility index (Phi) is 5.39. The Labute approximate surface area is 136 Å². The van der Waals surface area contributed by atoms with Gasteiger partial charge in [0.15, 0.2) is 9.84 Å². The molecule has 0 radical (unpaired) electrons. The summed E-state index contributed by atoms with van der Waals surface area (Å²) >= 11 is 0. The van der Waals surface area contributed by atoms with E-state index in [0.717, 1.165) is 17.4 Å². The minimum Gasteiger partial charge on any atom is -0.497 e. The number of hydrogen-bond donors (Lipinski definition) is 1. The van der Waals surface area contributed by atoms with Crippen molar-refractivity contribution in [1.29, 1.82) is 0 Å². The Hall–Kier alpha value is -2.34. The van der Waals surface area contributed by atoms with Crippen LogP contribution in [0.5, 0.6) is 5.75 Å². The summed E-state index contributed by atoms with van der Waals surface area (Å²) in [5, 5.41) is 2.81. The molecule has 1 N–H and O–H groups in total. The molecule has 0 bridgehead atoms. The van der Waals surface area contributed by atoms with Gasteiger partial charge in [-0.2, -0.15) is 0 Å². The molecule has 2 aromatic carbocycles. The van der Waals surface area contributed by atoms with Crippen molar-refractivity contribution in [2.75, 3.05) is 13.4 Å². The summed E-state index contributed by atoms with van der Waals surface area (Å²) in [5.74, 6) is 0.608. The zero-order chi connectivity index (χ0) is 16.9. The zero-order valence-corrected chi connectivity index (χ0v) is 13.9. The van der Waals surface area contributed by atoms with Crippen LogP contribution in [0.1, 0.15) is 11.1 Å². The highest BCUT2D eigenvalue weighted by Gasteiger charge is 2.07. The fraction of sp³-hybridized carbons (Fsp3) is 0.235. The highest BCUT2D eigenvalue weighted by Crippen LogP contribution is 2.13.